The van der Waals surface area contributed by atoms with E-state index >= 15 is 0 Å². The fraction of sp³-hybridized carbons (Fsp3) is 0.923. The summed E-state index contributed by atoms with van der Waals surface area (Å²) in [6.07, 6.45) is 3.65. The lowest BCUT2D eigenvalue weighted by Gasteiger charge is -2.62. The molecule has 6 rings (SSSR count). The maximum Gasteiger partial charge on any atom is 0.309 e. The Bertz CT molecular complexity index is 782. The Morgan fingerprint density at radius 3 is 2.03 bits per heavy atom. The van der Waals surface area contributed by atoms with Gasteiger partial charge in [0.05, 0.1) is 36.3 Å². The van der Waals surface area contributed by atoms with Crippen molar-refractivity contribution in [2.45, 2.75) is 120 Å². The molecule has 0 aromatic heterocycles. The van der Waals surface area contributed by atoms with Gasteiger partial charge in [0.2, 0.25) is 0 Å². The fourth-order valence-corrected chi connectivity index (χ4v) is 6.82. The van der Waals surface area contributed by atoms with Gasteiger partial charge in [0.1, 0.15) is 23.9 Å². The lowest BCUT2D eigenvalue weighted by molar-refractivity contribution is -0.262. The molecule has 2 aliphatic heterocycles. The molecule has 0 aromatic rings. The molecule has 0 spiro atoms. The number of aliphatic hydroxyl groups excluding tert-OH is 1. The van der Waals surface area contributed by atoms with Gasteiger partial charge in [-0.05, 0) is 38.0 Å². The molecule has 8 unspecified atom stereocenters. The van der Waals surface area contributed by atoms with Crippen molar-refractivity contribution in [3.05, 3.63) is 0 Å². The summed E-state index contributed by atoms with van der Waals surface area (Å²) in [7, 11) is 0. The maximum atomic E-state index is 12.1. The molecule has 3 N–H and O–H groups in total. The average molecular weight is 499 g/mol. The van der Waals surface area contributed by atoms with Gasteiger partial charge in [0.25, 0.3) is 0 Å². The van der Waals surface area contributed by atoms with Crippen LogP contribution in [0.3, 0.4) is 0 Å². The molecule has 35 heavy (non-hydrogen) atoms. The summed E-state index contributed by atoms with van der Waals surface area (Å²) < 4.78 is 21.8. The van der Waals surface area contributed by atoms with E-state index < -0.39 is 22.9 Å². The van der Waals surface area contributed by atoms with Crippen molar-refractivity contribution in [3.63, 3.8) is 0 Å². The molecule has 6 fully saturated rings. The Morgan fingerprint density at radius 2 is 1.46 bits per heavy atom. The van der Waals surface area contributed by atoms with Crippen LogP contribution in [-0.4, -0.2) is 81.7 Å². The maximum absolute atomic E-state index is 12.1. The first kappa shape index (κ1) is 26.8. The van der Waals surface area contributed by atoms with Crippen LogP contribution in [0.15, 0.2) is 0 Å². The lowest BCUT2D eigenvalue weighted by atomic mass is 9.50. The monoisotopic (exact) mass is 498 g/mol. The van der Waals surface area contributed by atoms with E-state index in [0.717, 1.165) is 32.1 Å². The van der Waals surface area contributed by atoms with Crippen molar-refractivity contribution in [1.82, 2.24) is 0 Å². The number of rotatable bonds is 6. The SMILES string of the molecule is CCC(C)C(=O)OC12CC3CC(O)(CC(O)(C3)C1)C2.CCC(C)C(=O)OC1COC2C(O)COC12. The van der Waals surface area contributed by atoms with Crippen LogP contribution in [0.2, 0.25) is 0 Å². The first-order chi connectivity index (χ1) is 16.4. The third-order valence-electron chi connectivity index (χ3n) is 8.55. The van der Waals surface area contributed by atoms with Gasteiger partial charge in [0, 0.05) is 19.3 Å². The number of carbonyl (C=O) groups excluding carboxylic acids is 2. The van der Waals surface area contributed by atoms with Crippen molar-refractivity contribution in [2.75, 3.05) is 13.2 Å². The van der Waals surface area contributed by atoms with Gasteiger partial charge in [-0.25, -0.2) is 0 Å². The number of hydrogen-bond donors (Lipinski definition) is 3. The molecule has 9 nitrogen and oxygen atoms in total. The molecule has 0 aromatic carbocycles. The first-order valence-corrected chi connectivity index (χ1v) is 13.2. The molecule has 4 bridgehead atoms. The summed E-state index contributed by atoms with van der Waals surface area (Å²) in [6.45, 7) is 8.18. The molecule has 0 amide bonds. The fourth-order valence-electron chi connectivity index (χ4n) is 6.82. The quantitative estimate of drug-likeness (QED) is 0.470. The summed E-state index contributed by atoms with van der Waals surface area (Å²) in [5, 5.41) is 30.7. The van der Waals surface area contributed by atoms with Crippen LogP contribution in [-0.2, 0) is 28.5 Å². The summed E-state index contributed by atoms with van der Waals surface area (Å²) in [5.41, 5.74) is -2.28. The van der Waals surface area contributed by atoms with E-state index in [9.17, 15) is 24.9 Å². The highest BCUT2D eigenvalue weighted by Gasteiger charge is 2.64. The topological polar surface area (TPSA) is 132 Å². The predicted molar refractivity (Wildman–Crippen MR) is 124 cm³/mol. The minimum atomic E-state index is -0.829. The number of fused-ring (bicyclic) bond motifs is 1. The van der Waals surface area contributed by atoms with Crippen molar-refractivity contribution in [3.8, 4) is 0 Å². The number of esters is 2. The van der Waals surface area contributed by atoms with Crippen molar-refractivity contribution in [1.29, 1.82) is 0 Å². The molecule has 4 saturated carbocycles. The van der Waals surface area contributed by atoms with Crippen molar-refractivity contribution in [2.24, 2.45) is 17.8 Å². The zero-order valence-electron chi connectivity index (χ0n) is 21.4. The van der Waals surface area contributed by atoms with Gasteiger partial charge in [-0.2, -0.15) is 0 Å². The van der Waals surface area contributed by atoms with Gasteiger partial charge < -0.3 is 34.3 Å². The Balaban J connectivity index is 0.000000168. The van der Waals surface area contributed by atoms with Gasteiger partial charge in [-0.15, -0.1) is 0 Å². The second kappa shape index (κ2) is 9.89. The molecule has 4 aliphatic carbocycles. The molecule has 6 aliphatic rings. The van der Waals surface area contributed by atoms with Gasteiger partial charge >= 0.3 is 11.9 Å². The normalized spacial score (nSPS) is 44.7. The smallest absolute Gasteiger partial charge is 0.309 e. The summed E-state index contributed by atoms with van der Waals surface area (Å²) in [4.78, 5) is 23.7. The van der Waals surface area contributed by atoms with E-state index in [0.29, 0.717) is 25.9 Å². The number of ether oxygens (including phenoxy) is 4. The lowest BCUT2D eigenvalue weighted by Crippen LogP contribution is -2.67. The first-order valence-electron chi connectivity index (χ1n) is 13.2. The van der Waals surface area contributed by atoms with E-state index in [2.05, 4.69) is 0 Å². The van der Waals surface area contributed by atoms with Crippen LogP contribution in [0.5, 0.6) is 0 Å². The largest absolute Gasteiger partial charge is 0.459 e. The van der Waals surface area contributed by atoms with Crippen molar-refractivity contribution >= 4 is 11.9 Å². The molecular formula is C26H42O9. The van der Waals surface area contributed by atoms with Crippen LogP contribution >= 0.6 is 0 Å². The van der Waals surface area contributed by atoms with Crippen LogP contribution in [0.1, 0.15) is 79.1 Å². The van der Waals surface area contributed by atoms with Gasteiger partial charge in [-0.1, -0.05) is 27.7 Å². The zero-order chi connectivity index (χ0) is 25.6. The number of aliphatic hydroxyl groups is 3. The Morgan fingerprint density at radius 1 is 0.886 bits per heavy atom. The Kier molecular flexibility index (Phi) is 7.57. The number of carbonyl (C=O) groups is 2. The van der Waals surface area contributed by atoms with Crippen LogP contribution in [0, 0.1) is 17.8 Å². The van der Waals surface area contributed by atoms with Crippen LogP contribution < -0.4 is 0 Å². The second-order valence-electron chi connectivity index (χ2n) is 11.8. The van der Waals surface area contributed by atoms with E-state index in [-0.39, 0.29) is 54.6 Å². The highest BCUT2D eigenvalue weighted by Crippen LogP contribution is 2.60. The van der Waals surface area contributed by atoms with Crippen LogP contribution in [0.25, 0.3) is 0 Å². The third kappa shape index (κ3) is 5.54. The minimum Gasteiger partial charge on any atom is -0.459 e. The summed E-state index contributed by atoms with van der Waals surface area (Å²) in [6, 6.07) is 0. The molecular weight excluding hydrogens is 456 g/mol. The highest BCUT2D eigenvalue weighted by atomic mass is 16.6. The molecule has 2 heterocycles. The average Bonchev–Trinajstić information content (AvgIpc) is 3.33. The summed E-state index contributed by atoms with van der Waals surface area (Å²) >= 11 is 0. The number of hydrogen-bond acceptors (Lipinski definition) is 9. The predicted octanol–water partition coefficient (Wildman–Crippen LogP) is 1.88. The van der Waals surface area contributed by atoms with E-state index in [4.69, 9.17) is 18.9 Å². The van der Waals surface area contributed by atoms with E-state index in [1.165, 1.54) is 0 Å². The van der Waals surface area contributed by atoms with E-state index in [1.54, 1.807) is 0 Å². The molecule has 200 valence electrons. The zero-order valence-corrected chi connectivity index (χ0v) is 21.4. The van der Waals surface area contributed by atoms with E-state index in [1.807, 2.05) is 27.7 Å². The molecule has 9 heteroatoms. The van der Waals surface area contributed by atoms with Crippen molar-refractivity contribution < 1.29 is 43.9 Å². The minimum absolute atomic E-state index is 0.106. The molecule has 2 saturated heterocycles. The van der Waals surface area contributed by atoms with Gasteiger partial charge in [-0.3, -0.25) is 9.59 Å². The molecule has 0 radical (unpaired) electrons. The summed E-state index contributed by atoms with van der Waals surface area (Å²) in [5.74, 6) is -0.336. The Labute approximate surface area is 207 Å². The third-order valence-corrected chi connectivity index (χ3v) is 8.55. The Hall–Kier alpha value is -1.26. The van der Waals surface area contributed by atoms with Crippen LogP contribution in [0.4, 0.5) is 0 Å². The van der Waals surface area contributed by atoms with Gasteiger partial charge in [0.15, 0.2) is 6.10 Å². The highest BCUT2D eigenvalue weighted by molar-refractivity contribution is 5.72. The standard InChI is InChI=1S/C15H24O4.C11H18O5/c1-3-10(2)12(16)19-15-6-11-4-13(17,8-15)7-14(18,5-11)9-15;1-3-6(2)11(13)16-8-5-15-9-7(12)4-14-10(8)9/h10-11,17-18H,3-9H2,1-2H3;6-10,12H,3-5H2,1-2H3. The molecule has 8 atom stereocenters. The second-order valence-corrected chi connectivity index (χ2v) is 11.8.